The fraction of sp³-hybridized carbons (Fsp3) is 0.385. The van der Waals surface area contributed by atoms with Gasteiger partial charge in [0.1, 0.15) is 0 Å². The third-order valence-electron chi connectivity index (χ3n) is 2.59. The Morgan fingerprint density at radius 3 is 2.82 bits per heavy atom. The maximum atomic E-state index is 5.82. The molecule has 17 heavy (non-hydrogen) atoms. The van der Waals surface area contributed by atoms with Crippen LogP contribution >= 0.6 is 0 Å². The zero-order valence-electron chi connectivity index (χ0n) is 10.2. The van der Waals surface area contributed by atoms with Gasteiger partial charge in [-0.05, 0) is 25.5 Å². The number of para-hydroxylation sites is 1. The second-order valence-electron chi connectivity index (χ2n) is 4.12. The van der Waals surface area contributed by atoms with Crippen LogP contribution in [0.1, 0.15) is 26.7 Å². The van der Waals surface area contributed by atoms with E-state index >= 15 is 0 Å². The van der Waals surface area contributed by atoms with E-state index in [1.807, 2.05) is 31.2 Å². The van der Waals surface area contributed by atoms with Crippen molar-refractivity contribution in [3.05, 3.63) is 24.3 Å². The highest BCUT2D eigenvalue weighted by Crippen LogP contribution is 2.24. The fourth-order valence-electron chi connectivity index (χ4n) is 1.81. The number of aromatic nitrogens is 2. The SMILES string of the molecule is CCCC(C)Oc1nc(N)nc2ccccc12. The third-order valence-corrected chi connectivity index (χ3v) is 2.59. The van der Waals surface area contributed by atoms with Gasteiger partial charge in [0.25, 0.3) is 0 Å². The smallest absolute Gasteiger partial charge is 0.226 e. The molecule has 90 valence electrons. The number of hydrogen-bond donors (Lipinski definition) is 1. The minimum atomic E-state index is 0.137. The van der Waals surface area contributed by atoms with Crippen LogP contribution < -0.4 is 10.5 Å². The lowest BCUT2D eigenvalue weighted by molar-refractivity contribution is 0.204. The number of ether oxygens (including phenoxy) is 1. The zero-order valence-corrected chi connectivity index (χ0v) is 10.2. The molecule has 0 amide bonds. The van der Waals surface area contributed by atoms with Crippen LogP contribution in [0.4, 0.5) is 5.95 Å². The van der Waals surface area contributed by atoms with Crippen molar-refractivity contribution in [3.8, 4) is 5.88 Å². The zero-order chi connectivity index (χ0) is 12.3. The molecule has 2 rings (SSSR count). The molecule has 4 nitrogen and oxygen atoms in total. The van der Waals surface area contributed by atoms with Gasteiger partial charge in [-0.15, -0.1) is 0 Å². The van der Waals surface area contributed by atoms with Gasteiger partial charge >= 0.3 is 0 Å². The lowest BCUT2D eigenvalue weighted by atomic mass is 10.2. The van der Waals surface area contributed by atoms with Crippen molar-refractivity contribution in [2.24, 2.45) is 0 Å². The second-order valence-corrected chi connectivity index (χ2v) is 4.12. The van der Waals surface area contributed by atoms with E-state index in [2.05, 4.69) is 16.9 Å². The van der Waals surface area contributed by atoms with Gasteiger partial charge in [0, 0.05) is 0 Å². The lowest BCUT2D eigenvalue weighted by Gasteiger charge is -2.14. The van der Waals surface area contributed by atoms with E-state index in [-0.39, 0.29) is 12.1 Å². The van der Waals surface area contributed by atoms with Crippen LogP contribution in [0.15, 0.2) is 24.3 Å². The molecule has 0 aliphatic rings. The molecule has 1 unspecified atom stereocenters. The largest absolute Gasteiger partial charge is 0.474 e. The summed E-state index contributed by atoms with van der Waals surface area (Å²) in [6.45, 7) is 4.17. The molecule has 0 aliphatic heterocycles. The van der Waals surface area contributed by atoms with Gasteiger partial charge in [-0.2, -0.15) is 4.98 Å². The number of nitrogen functional groups attached to an aromatic ring is 1. The van der Waals surface area contributed by atoms with E-state index in [1.54, 1.807) is 0 Å². The van der Waals surface area contributed by atoms with Crippen molar-refractivity contribution in [2.75, 3.05) is 5.73 Å². The van der Waals surface area contributed by atoms with Crippen molar-refractivity contribution in [1.82, 2.24) is 9.97 Å². The molecule has 0 saturated heterocycles. The van der Waals surface area contributed by atoms with Crippen molar-refractivity contribution in [3.63, 3.8) is 0 Å². The standard InChI is InChI=1S/C13H17N3O/c1-3-6-9(2)17-12-10-7-4-5-8-11(10)15-13(14)16-12/h4-5,7-9H,3,6H2,1-2H3,(H2,14,15,16). The molecule has 1 aromatic carbocycles. The highest BCUT2D eigenvalue weighted by molar-refractivity contribution is 5.84. The summed E-state index contributed by atoms with van der Waals surface area (Å²) >= 11 is 0. The van der Waals surface area contributed by atoms with Gasteiger partial charge in [-0.25, -0.2) is 4.98 Å². The van der Waals surface area contributed by atoms with Gasteiger partial charge in [-0.3, -0.25) is 0 Å². The van der Waals surface area contributed by atoms with Crippen molar-refractivity contribution < 1.29 is 4.74 Å². The van der Waals surface area contributed by atoms with Gasteiger partial charge in [0.05, 0.1) is 17.0 Å². The van der Waals surface area contributed by atoms with Crippen LogP contribution in [0.5, 0.6) is 5.88 Å². The highest BCUT2D eigenvalue weighted by Gasteiger charge is 2.10. The first kappa shape index (κ1) is 11.6. The van der Waals surface area contributed by atoms with E-state index in [4.69, 9.17) is 10.5 Å². The van der Waals surface area contributed by atoms with Crippen LogP contribution in [0.2, 0.25) is 0 Å². The predicted molar refractivity (Wildman–Crippen MR) is 68.9 cm³/mol. The Hall–Kier alpha value is -1.84. The van der Waals surface area contributed by atoms with Crippen LogP contribution in [0.3, 0.4) is 0 Å². The lowest BCUT2D eigenvalue weighted by Crippen LogP contribution is -2.13. The number of benzene rings is 1. The summed E-state index contributed by atoms with van der Waals surface area (Å²) in [4.78, 5) is 8.34. The molecule has 2 aromatic rings. The third kappa shape index (κ3) is 2.64. The number of nitrogens with zero attached hydrogens (tertiary/aromatic N) is 2. The van der Waals surface area contributed by atoms with E-state index in [9.17, 15) is 0 Å². The number of nitrogens with two attached hydrogens (primary N) is 1. The second kappa shape index (κ2) is 4.99. The fourth-order valence-corrected chi connectivity index (χ4v) is 1.81. The minimum absolute atomic E-state index is 0.137. The molecule has 0 spiro atoms. The Balaban J connectivity index is 2.38. The molecule has 0 bridgehead atoms. The quantitative estimate of drug-likeness (QED) is 0.878. The van der Waals surface area contributed by atoms with Gasteiger partial charge in [0.15, 0.2) is 0 Å². The van der Waals surface area contributed by atoms with Crippen LogP contribution in [0.25, 0.3) is 10.9 Å². The van der Waals surface area contributed by atoms with Gasteiger partial charge < -0.3 is 10.5 Å². The summed E-state index contributed by atoms with van der Waals surface area (Å²) in [7, 11) is 0. The Morgan fingerprint density at radius 1 is 1.29 bits per heavy atom. The molecule has 0 saturated carbocycles. The number of fused-ring (bicyclic) bond motifs is 1. The molecular weight excluding hydrogens is 214 g/mol. The number of rotatable bonds is 4. The van der Waals surface area contributed by atoms with Crippen molar-refractivity contribution in [2.45, 2.75) is 32.8 Å². The molecule has 1 atom stereocenters. The van der Waals surface area contributed by atoms with Crippen molar-refractivity contribution >= 4 is 16.9 Å². The first-order valence-corrected chi connectivity index (χ1v) is 5.89. The van der Waals surface area contributed by atoms with E-state index in [0.717, 1.165) is 23.7 Å². The molecule has 0 aliphatic carbocycles. The summed E-state index contributed by atoms with van der Waals surface area (Å²) in [5.41, 5.74) is 6.49. The molecule has 0 fully saturated rings. The summed E-state index contributed by atoms with van der Waals surface area (Å²) < 4.78 is 5.82. The molecule has 0 radical (unpaired) electrons. The van der Waals surface area contributed by atoms with Gasteiger partial charge in [-0.1, -0.05) is 25.5 Å². The highest BCUT2D eigenvalue weighted by atomic mass is 16.5. The summed E-state index contributed by atoms with van der Waals surface area (Å²) in [5, 5.41) is 0.907. The van der Waals surface area contributed by atoms with Crippen LogP contribution in [-0.2, 0) is 0 Å². The molecule has 4 heteroatoms. The van der Waals surface area contributed by atoms with Crippen molar-refractivity contribution in [1.29, 1.82) is 0 Å². The number of hydrogen-bond acceptors (Lipinski definition) is 4. The van der Waals surface area contributed by atoms with Gasteiger partial charge in [0.2, 0.25) is 11.8 Å². The molecule has 1 heterocycles. The molecular formula is C13H17N3O. The average molecular weight is 231 g/mol. The topological polar surface area (TPSA) is 61.0 Å². The first-order valence-electron chi connectivity index (χ1n) is 5.89. The Bertz CT molecular complexity index is 513. The maximum absolute atomic E-state index is 5.82. The maximum Gasteiger partial charge on any atom is 0.226 e. The predicted octanol–water partition coefficient (Wildman–Crippen LogP) is 2.78. The summed E-state index contributed by atoms with van der Waals surface area (Å²) in [6.07, 6.45) is 2.22. The molecule has 1 aromatic heterocycles. The monoisotopic (exact) mass is 231 g/mol. The Morgan fingerprint density at radius 2 is 2.06 bits per heavy atom. The minimum Gasteiger partial charge on any atom is -0.474 e. The van der Waals surface area contributed by atoms with Crippen LogP contribution in [0, 0.1) is 0 Å². The molecule has 2 N–H and O–H groups in total. The summed E-state index contributed by atoms with van der Waals surface area (Å²) in [5.74, 6) is 0.830. The Kier molecular flexibility index (Phi) is 3.42. The van der Waals surface area contributed by atoms with Crippen LogP contribution in [-0.4, -0.2) is 16.1 Å². The summed E-state index contributed by atoms with van der Waals surface area (Å²) in [6, 6.07) is 7.72. The number of anilines is 1. The Labute approximate surface area is 101 Å². The van der Waals surface area contributed by atoms with E-state index in [1.165, 1.54) is 0 Å². The van der Waals surface area contributed by atoms with E-state index in [0.29, 0.717) is 5.88 Å². The normalized spacial score (nSPS) is 12.6. The van der Waals surface area contributed by atoms with E-state index < -0.39 is 0 Å². The first-order chi connectivity index (χ1) is 8.20. The average Bonchev–Trinajstić information content (AvgIpc) is 2.29.